The molecule has 0 aromatic heterocycles. The van der Waals surface area contributed by atoms with E-state index >= 15 is 0 Å². The summed E-state index contributed by atoms with van der Waals surface area (Å²) in [5.74, 6) is -1.09. The molecule has 2 bridgehead atoms. The monoisotopic (exact) mass is 361 g/mol. The highest BCUT2D eigenvalue weighted by atomic mass is 127. The van der Waals surface area contributed by atoms with Gasteiger partial charge >= 0.3 is 0 Å². The zero-order chi connectivity index (χ0) is 12.9. The molecule has 0 aliphatic carbocycles. The summed E-state index contributed by atoms with van der Waals surface area (Å²) < 4.78 is 18.9. The summed E-state index contributed by atoms with van der Waals surface area (Å²) in [5.41, 5.74) is 0.437. The molecule has 4 nitrogen and oxygen atoms in total. The van der Waals surface area contributed by atoms with E-state index in [-0.39, 0.29) is 17.6 Å². The Balaban J connectivity index is 2.05. The van der Waals surface area contributed by atoms with Crippen LogP contribution in [-0.2, 0) is 14.3 Å². The average molecular weight is 361 g/mol. The predicted octanol–water partition coefficient (Wildman–Crippen LogP) is 1.85. The smallest absolute Gasteiger partial charge is 0.263 e. The van der Waals surface area contributed by atoms with Crippen LogP contribution in [0.2, 0.25) is 0 Å². The van der Waals surface area contributed by atoms with Crippen LogP contribution in [0.3, 0.4) is 0 Å². The van der Waals surface area contributed by atoms with Gasteiger partial charge in [-0.1, -0.05) is 0 Å². The van der Waals surface area contributed by atoms with Gasteiger partial charge in [0.05, 0.1) is 5.69 Å². The first kappa shape index (κ1) is 12.0. The van der Waals surface area contributed by atoms with Crippen molar-refractivity contribution in [3.05, 3.63) is 27.6 Å². The normalized spacial score (nSPS) is 26.9. The number of halogens is 2. The number of carbonyl (C=O) groups is 2. The molecular formula is C12H9FINO3. The largest absolute Gasteiger partial charge is 0.355 e. The van der Waals surface area contributed by atoms with Crippen molar-refractivity contribution in [3.8, 4) is 0 Å². The molecule has 18 heavy (non-hydrogen) atoms. The average Bonchev–Trinajstić information content (AvgIpc) is 2.76. The fourth-order valence-electron chi connectivity index (χ4n) is 2.30. The number of fused-ring (bicyclic) bond motifs is 2. The van der Waals surface area contributed by atoms with Crippen LogP contribution in [0.1, 0.15) is 12.8 Å². The lowest BCUT2D eigenvalue weighted by molar-refractivity contribution is -0.146. The van der Waals surface area contributed by atoms with E-state index in [4.69, 9.17) is 4.74 Å². The molecule has 2 fully saturated rings. The summed E-state index contributed by atoms with van der Waals surface area (Å²) in [6.45, 7) is 0. The van der Waals surface area contributed by atoms with Gasteiger partial charge in [-0.15, -0.1) is 0 Å². The minimum atomic E-state index is -0.534. The van der Waals surface area contributed by atoms with Crippen LogP contribution < -0.4 is 4.90 Å². The van der Waals surface area contributed by atoms with Crippen molar-refractivity contribution in [1.29, 1.82) is 0 Å². The van der Waals surface area contributed by atoms with E-state index in [1.165, 1.54) is 18.2 Å². The molecule has 0 spiro atoms. The van der Waals surface area contributed by atoms with Crippen molar-refractivity contribution in [3.63, 3.8) is 0 Å². The molecule has 2 aliphatic heterocycles. The Morgan fingerprint density at radius 3 is 2.39 bits per heavy atom. The second kappa shape index (κ2) is 4.27. The minimum absolute atomic E-state index is 0.349. The molecule has 1 aromatic rings. The molecule has 3 rings (SSSR count). The Kier molecular flexibility index (Phi) is 2.86. The Morgan fingerprint density at radius 2 is 1.83 bits per heavy atom. The standard InChI is InChI=1S/C12H9FINO3/c13-6-1-2-8(7(14)5-6)15-11(16)9-3-4-10(18-9)12(15)17/h1-2,5,9-10H,3-4H2. The zero-order valence-electron chi connectivity index (χ0n) is 9.23. The van der Waals surface area contributed by atoms with Crippen molar-refractivity contribution < 1.29 is 18.7 Å². The van der Waals surface area contributed by atoms with Crippen LogP contribution in [0.25, 0.3) is 0 Å². The van der Waals surface area contributed by atoms with Crippen molar-refractivity contribution in [2.45, 2.75) is 25.0 Å². The summed E-state index contributed by atoms with van der Waals surface area (Å²) in [6, 6.07) is 4.00. The minimum Gasteiger partial charge on any atom is -0.355 e. The van der Waals surface area contributed by atoms with E-state index in [2.05, 4.69) is 0 Å². The quantitative estimate of drug-likeness (QED) is 0.567. The molecule has 0 saturated carbocycles. The molecule has 2 amide bonds. The summed E-state index contributed by atoms with van der Waals surface area (Å²) in [7, 11) is 0. The molecule has 1 aromatic carbocycles. The third kappa shape index (κ3) is 1.74. The number of morpholine rings is 1. The number of amides is 2. The van der Waals surface area contributed by atoms with Crippen LogP contribution >= 0.6 is 22.6 Å². The van der Waals surface area contributed by atoms with E-state index in [9.17, 15) is 14.0 Å². The number of anilines is 1. The maximum absolute atomic E-state index is 13.1. The van der Waals surface area contributed by atoms with E-state index in [0.717, 1.165) is 4.90 Å². The fourth-order valence-corrected chi connectivity index (χ4v) is 3.02. The number of nitrogens with zero attached hydrogens (tertiary/aromatic N) is 1. The van der Waals surface area contributed by atoms with Gasteiger partial charge in [0, 0.05) is 3.57 Å². The van der Waals surface area contributed by atoms with Gasteiger partial charge in [-0.05, 0) is 53.6 Å². The van der Waals surface area contributed by atoms with Crippen LogP contribution in [-0.4, -0.2) is 24.0 Å². The van der Waals surface area contributed by atoms with E-state index in [1.54, 1.807) is 0 Å². The SMILES string of the molecule is O=C1C2CCC(O2)C(=O)N1c1ccc(F)cc1I. The maximum atomic E-state index is 13.1. The van der Waals surface area contributed by atoms with Gasteiger partial charge in [0.25, 0.3) is 11.8 Å². The van der Waals surface area contributed by atoms with Gasteiger partial charge in [0.1, 0.15) is 18.0 Å². The van der Waals surface area contributed by atoms with Gasteiger partial charge in [-0.2, -0.15) is 0 Å². The van der Waals surface area contributed by atoms with Gasteiger partial charge in [-0.25, -0.2) is 9.29 Å². The molecule has 2 saturated heterocycles. The Labute approximate surface area is 116 Å². The lowest BCUT2D eigenvalue weighted by Gasteiger charge is -2.30. The van der Waals surface area contributed by atoms with E-state index in [1.807, 2.05) is 22.6 Å². The highest BCUT2D eigenvalue weighted by Crippen LogP contribution is 2.33. The Hall–Kier alpha value is -1.02. The van der Waals surface area contributed by atoms with Crippen LogP contribution in [0.15, 0.2) is 18.2 Å². The Morgan fingerprint density at radius 1 is 1.22 bits per heavy atom. The molecule has 94 valence electrons. The van der Waals surface area contributed by atoms with Crippen molar-refractivity contribution >= 4 is 40.1 Å². The molecule has 2 unspecified atom stereocenters. The second-order valence-corrected chi connectivity index (χ2v) is 5.46. The van der Waals surface area contributed by atoms with E-state index < -0.39 is 12.2 Å². The number of imide groups is 1. The van der Waals surface area contributed by atoms with Crippen LogP contribution in [0, 0.1) is 9.39 Å². The van der Waals surface area contributed by atoms with Gasteiger partial charge in [0.15, 0.2) is 0 Å². The zero-order valence-corrected chi connectivity index (χ0v) is 11.4. The van der Waals surface area contributed by atoms with Gasteiger partial charge < -0.3 is 4.74 Å². The maximum Gasteiger partial charge on any atom is 0.263 e. The first-order chi connectivity index (χ1) is 8.58. The number of carbonyl (C=O) groups excluding carboxylic acids is 2. The lowest BCUT2D eigenvalue weighted by Crippen LogP contribution is -2.52. The molecule has 0 radical (unpaired) electrons. The number of ether oxygens (including phenoxy) is 1. The van der Waals surface area contributed by atoms with E-state index in [0.29, 0.717) is 22.1 Å². The third-order valence-electron chi connectivity index (χ3n) is 3.16. The van der Waals surface area contributed by atoms with Crippen molar-refractivity contribution in [2.75, 3.05) is 4.90 Å². The van der Waals surface area contributed by atoms with Crippen LogP contribution in [0.5, 0.6) is 0 Å². The van der Waals surface area contributed by atoms with Gasteiger partial charge in [0.2, 0.25) is 0 Å². The Bertz CT molecular complexity index is 526. The highest BCUT2D eigenvalue weighted by molar-refractivity contribution is 14.1. The second-order valence-electron chi connectivity index (χ2n) is 4.30. The lowest BCUT2D eigenvalue weighted by atomic mass is 10.2. The summed E-state index contributed by atoms with van der Waals surface area (Å²) in [6.07, 6.45) is 0.0784. The molecule has 0 N–H and O–H groups in total. The first-order valence-corrected chi connectivity index (χ1v) is 6.64. The topological polar surface area (TPSA) is 46.6 Å². The first-order valence-electron chi connectivity index (χ1n) is 5.56. The summed E-state index contributed by atoms with van der Waals surface area (Å²) in [5, 5.41) is 0. The summed E-state index contributed by atoms with van der Waals surface area (Å²) >= 11 is 1.92. The number of rotatable bonds is 1. The van der Waals surface area contributed by atoms with Crippen molar-refractivity contribution in [2.24, 2.45) is 0 Å². The molecule has 6 heteroatoms. The molecule has 2 atom stereocenters. The van der Waals surface area contributed by atoms with Gasteiger partial charge in [-0.3, -0.25) is 9.59 Å². The van der Waals surface area contributed by atoms with Crippen molar-refractivity contribution in [1.82, 2.24) is 0 Å². The number of hydrogen-bond acceptors (Lipinski definition) is 3. The predicted molar refractivity (Wildman–Crippen MR) is 69.5 cm³/mol. The molecule has 2 aliphatic rings. The van der Waals surface area contributed by atoms with Crippen LogP contribution in [0.4, 0.5) is 10.1 Å². The highest BCUT2D eigenvalue weighted by Gasteiger charge is 2.47. The number of hydrogen-bond donors (Lipinski definition) is 0. The summed E-state index contributed by atoms with van der Waals surface area (Å²) in [4.78, 5) is 25.4. The number of benzene rings is 1. The molecular weight excluding hydrogens is 352 g/mol. The third-order valence-corrected chi connectivity index (χ3v) is 4.03. The fraction of sp³-hybridized carbons (Fsp3) is 0.333. The molecule has 2 heterocycles.